The van der Waals surface area contributed by atoms with Gasteiger partial charge >= 0.3 is 6.18 Å². The molecule has 2 rings (SSSR count). The summed E-state index contributed by atoms with van der Waals surface area (Å²) in [5.74, 6) is 0. The van der Waals surface area contributed by atoms with Gasteiger partial charge in [-0.1, -0.05) is 12.1 Å². The predicted molar refractivity (Wildman–Crippen MR) is 62.6 cm³/mol. The minimum atomic E-state index is -4.30. The van der Waals surface area contributed by atoms with Crippen LogP contribution in [0.3, 0.4) is 0 Å². The molecule has 1 nitrogen and oxygen atoms in total. The average molecular weight is 257 g/mol. The molecular weight excluding hydrogens is 247 g/mol. The lowest BCUT2D eigenvalue weighted by Crippen LogP contribution is -2.04. The molecule has 1 aromatic heterocycles. The van der Waals surface area contributed by atoms with Crippen molar-refractivity contribution in [2.75, 3.05) is 0 Å². The summed E-state index contributed by atoms with van der Waals surface area (Å²) < 4.78 is 37.6. The fourth-order valence-electron chi connectivity index (χ4n) is 1.51. The highest BCUT2D eigenvalue weighted by Crippen LogP contribution is 2.33. The molecule has 0 radical (unpaired) electrons. The van der Waals surface area contributed by atoms with Gasteiger partial charge in [-0.15, -0.1) is 11.3 Å². The third-order valence-electron chi connectivity index (χ3n) is 2.38. The zero-order chi connectivity index (χ0) is 12.5. The minimum Gasteiger partial charge on any atom is -0.326 e. The number of benzene rings is 1. The van der Waals surface area contributed by atoms with E-state index in [0.29, 0.717) is 12.1 Å². The molecule has 0 aliphatic carbocycles. The molecule has 90 valence electrons. The summed E-state index contributed by atoms with van der Waals surface area (Å²) in [5.41, 5.74) is 6.19. The molecule has 0 atom stereocenters. The number of hydrogen-bond acceptors (Lipinski definition) is 2. The average Bonchev–Trinajstić information content (AvgIpc) is 2.76. The van der Waals surface area contributed by atoms with Crippen molar-refractivity contribution >= 4 is 11.3 Å². The van der Waals surface area contributed by atoms with Gasteiger partial charge in [0.15, 0.2) is 0 Å². The highest BCUT2D eigenvalue weighted by atomic mass is 32.1. The van der Waals surface area contributed by atoms with Crippen LogP contribution in [0.25, 0.3) is 11.1 Å². The molecule has 0 fully saturated rings. The predicted octanol–water partition coefficient (Wildman–Crippen LogP) is 3.89. The Hall–Kier alpha value is -1.33. The second kappa shape index (κ2) is 4.50. The second-order valence-electron chi connectivity index (χ2n) is 3.58. The second-order valence-corrected chi connectivity index (χ2v) is 4.58. The Kier molecular flexibility index (Phi) is 3.22. The Balaban J connectivity index is 2.39. The fourth-order valence-corrected chi connectivity index (χ4v) is 2.29. The zero-order valence-electron chi connectivity index (χ0n) is 8.79. The maximum atomic E-state index is 12.5. The lowest BCUT2D eigenvalue weighted by molar-refractivity contribution is -0.137. The summed E-state index contributed by atoms with van der Waals surface area (Å²) in [4.78, 5) is 0.956. The molecule has 0 saturated carbocycles. The van der Waals surface area contributed by atoms with Gasteiger partial charge in [0, 0.05) is 11.4 Å². The van der Waals surface area contributed by atoms with E-state index in [9.17, 15) is 13.2 Å². The standard InChI is InChI=1S/C12H10F3NS/c13-12(14,15)10-3-1-2-8(4-10)9-5-11(6-16)17-7-9/h1-5,7H,6,16H2. The summed E-state index contributed by atoms with van der Waals surface area (Å²) in [6.45, 7) is 0.406. The Labute approximate surface area is 101 Å². The van der Waals surface area contributed by atoms with Crippen molar-refractivity contribution in [2.45, 2.75) is 12.7 Å². The summed E-state index contributed by atoms with van der Waals surface area (Å²) in [6, 6.07) is 7.12. The molecule has 0 unspecified atom stereocenters. The summed E-state index contributed by atoms with van der Waals surface area (Å²) >= 11 is 1.45. The molecule has 0 aliphatic heterocycles. The Bertz CT molecular complexity index is 516. The van der Waals surface area contributed by atoms with Crippen molar-refractivity contribution in [2.24, 2.45) is 5.73 Å². The van der Waals surface area contributed by atoms with Crippen LogP contribution in [-0.2, 0) is 12.7 Å². The van der Waals surface area contributed by atoms with Gasteiger partial charge in [-0.2, -0.15) is 13.2 Å². The van der Waals surface area contributed by atoms with Crippen molar-refractivity contribution < 1.29 is 13.2 Å². The molecule has 0 amide bonds. The van der Waals surface area contributed by atoms with Crippen LogP contribution in [0, 0.1) is 0 Å². The highest BCUT2D eigenvalue weighted by Gasteiger charge is 2.30. The first-order valence-electron chi connectivity index (χ1n) is 4.96. The smallest absolute Gasteiger partial charge is 0.326 e. The number of thiophene rings is 1. The van der Waals surface area contributed by atoms with E-state index < -0.39 is 11.7 Å². The van der Waals surface area contributed by atoms with Crippen LogP contribution in [0.15, 0.2) is 35.7 Å². The Morgan fingerprint density at radius 1 is 1.12 bits per heavy atom. The number of halogens is 3. The number of hydrogen-bond donors (Lipinski definition) is 1. The Morgan fingerprint density at radius 3 is 2.47 bits per heavy atom. The van der Waals surface area contributed by atoms with E-state index >= 15 is 0 Å². The molecule has 0 bridgehead atoms. The van der Waals surface area contributed by atoms with Crippen molar-refractivity contribution in [3.8, 4) is 11.1 Å². The molecule has 0 spiro atoms. The SMILES string of the molecule is NCc1cc(-c2cccc(C(F)(F)F)c2)cs1. The lowest BCUT2D eigenvalue weighted by Gasteiger charge is -2.07. The topological polar surface area (TPSA) is 26.0 Å². The molecule has 2 aromatic rings. The van der Waals surface area contributed by atoms with Gasteiger partial charge in [0.25, 0.3) is 0 Å². The maximum Gasteiger partial charge on any atom is 0.416 e. The fraction of sp³-hybridized carbons (Fsp3) is 0.167. The van der Waals surface area contributed by atoms with E-state index in [2.05, 4.69) is 0 Å². The van der Waals surface area contributed by atoms with E-state index in [0.717, 1.165) is 22.6 Å². The normalized spacial score (nSPS) is 11.8. The van der Waals surface area contributed by atoms with Crippen LogP contribution in [0.2, 0.25) is 0 Å². The highest BCUT2D eigenvalue weighted by molar-refractivity contribution is 7.10. The molecule has 1 aromatic carbocycles. The van der Waals surface area contributed by atoms with Gasteiger partial charge in [-0.05, 0) is 34.7 Å². The first-order chi connectivity index (χ1) is 8.00. The molecule has 0 saturated heterocycles. The zero-order valence-corrected chi connectivity index (χ0v) is 9.61. The van der Waals surface area contributed by atoms with E-state index in [1.54, 1.807) is 6.07 Å². The molecular formula is C12H10F3NS. The van der Waals surface area contributed by atoms with Gasteiger partial charge in [0.05, 0.1) is 5.56 Å². The van der Waals surface area contributed by atoms with Gasteiger partial charge in [-0.25, -0.2) is 0 Å². The summed E-state index contributed by atoms with van der Waals surface area (Å²) in [7, 11) is 0. The van der Waals surface area contributed by atoms with Gasteiger partial charge < -0.3 is 5.73 Å². The maximum absolute atomic E-state index is 12.5. The third-order valence-corrected chi connectivity index (χ3v) is 3.34. The van der Waals surface area contributed by atoms with Crippen molar-refractivity contribution in [1.82, 2.24) is 0 Å². The van der Waals surface area contributed by atoms with Crippen LogP contribution in [0.5, 0.6) is 0 Å². The first-order valence-corrected chi connectivity index (χ1v) is 5.84. The van der Waals surface area contributed by atoms with Crippen LogP contribution < -0.4 is 5.73 Å². The van der Waals surface area contributed by atoms with E-state index in [1.165, 1.54) is 17.4 Å². The quantitative estimate of drug-likeness (QED) is 0.867. The van der Waals surface area contributed by atoms with Crippen LogP contribution in [0.1, 0.15) is 10.4 Å². The van der Waals surface area contributed by atoms with E-state index in [4.69, 9.17) is 5.73 Å². The lowest BCUT2D eigenvalue weighted by atomic mass is 10.1. The van der Waals surface area contributed by atoms with Crippen LogP contribution in [-0.4, -0.2) is 0 Å². The third kappa shape index (κ3) is 2.68. The summed E-state index contributed by atoms with van der Waals surface area (Å²) in [6.07, 6.45) is -4.30. The summed E-state index contributed by atoms with van der Waals surface area (Å²) in [5, 5.41) is 1.82. The Morgan fingerprint density at radius 2 is 1.88 bits per heavy atom. The molecule has 5 heteroatoms. The largest absolute Gasteiger partial charge is 0.416 e. The van der Waals surface area contributed by atoms with E-state index in [1.807, 2.05) is 11.4 Å². The monoisotopic (exact) mass is 257 g/mol. The van der Waals surface area contributed by atoms with Crippen LogP contribution >= 0.6 is 11.3 Å². The van der Waals surface area contributed by atoms with Gasteiger partial charge in [0.1, 0.15) is 0 Å². The van der Waals surface area contributed by atoms with Gasteiger partial charge in [-0.3, -0.25) is 0 Å². The van der Waals surface area contributed by atoms with Crippen molar-refractivity contribution in [3.63, 3.8) is 0 Å². The molecule has 0 aliphatic rings. The molecule has 17 heavy (non-hydrogen) atoms. The molecule has 1 heterocycles. The van der Waals surface area contributed by atoms with Crippen molar-refractivity contribution in [1.29, 1.82) is 0 Å². The number of alkyl halides is 3. The van der Waals surface area contributed by atoms with E-state index in [-0.39, 0.29) is 0 Å². The van der Waals surface area contributed by atoms with Crippen molar-refractivity contribution in [3.05, 3.63) is 46.2 Å². The first kappa shape index (κ1) is 12.1. The van der Waals surface area contributed by atoms with Gasteiger partial charge in [0.2, 0.25) is 0 Å². The molecule has 2 N–H and O–H groups in total. The van der Waals surface area contributed by atoms with Crippen LogP contribution in [0.4, 0.5) is 13.2 Å². The number of rotatable bonds is 2. The number of nitrogens with two attached hydrogens (primary N) is 1. The minimum absolute atomic E-state index is 0.406.